The topological polar surface area (TPSA) is 52.7 Å². The Hall–Kier alpha value is -2.45. The molecule has 1 fully saturated rings. The van der Waals surface area contributed by atoms with E-state index < -0.39 is 17.5 Å². The van der Waals surface area contributed by atoms with E-state index in [2.05, 4.69) is 29.6 Å². The highest BCUT2D eigenvalue weighted by Crippen LogP contribution is 2.17. The summed E-state index contributed by atoms with van der Waals surface area (Å²) in [5.41, 5.74) is 1.09. The first-order valence-electron chi connectivity index (χ1n) is 9.85. The highest BCUT2D eigenvalue weighted by atomic mass is 32.2. The van der Waals surface area contributed by atoms with Crippen LogP contribution in [0.5, 0.6) is 0 Å². The van der Waals surface area contributed by atoms with Gasteiger partial charge in [0.15, 0.2) is 0 Å². The van der Waals surface area contributed by atoms with E-state index in [9.17, 15) is 18.4 Å². The summed E-state index contributed by atoms with van der Waals surface area (Å²) in [5, 5.41) is 2.92. The van der Waals surface area contributed by atoms with Gasteiger partial charge in [-0.1, -0.05) is 17.7 Å². The number of aryl methyl sites for hydroxylation is 1. The molecular formula is C22H25F2N3O2S. The SMILES string of the molecule is Cc1ccc(SCCNC(=O)CN2CCN(C(=O)c3ccc(F)cc3F)CC2)cc1. The third-order valence-electron chi connectivity index (χ3n) is 4.90. The number of hydrogen-bond acceptors (Lipinski definition) is 4. The van der Waals surface area contributed by atoms with E-state index in [1.165, 1.54) is 21.4 Å². The van der Waals surface area contributed by atoms with Gasteiger partial charge in [-0.05, 0) is 31.2 Å². The van der Waals surface area contributed by atoms with Gasteiger partial charge in [-0.15, -0.1) is 11.8 Å². The molecule has 1 N–H and O–H groups in total. The molecule has 30 heavy (non-hydrogen) atoms. The monoisotopic (exact) mass is 433 g/mol. The lowest BCUT2D eigenvalue weighted by molar-refractivity contribution is -0.122. The summed E-state index contributed by atoms with van der Waals surface area (Å²) in [6.07, 6.45) is 0. The minimum Gasteiger partial charge on any atom is -0.354 e. The van der Waals surface area contributed by atoms with Crippen LogP contribution < -0.4 is 5.32 Å². The molecule has 0 saturated carbocycles. The first-order valence-corrected chi connectivity index (χ1v) is 10.8. The summed E-state index contributed by atoms with van der Waals surface area (Å²) in [6.45, 7) is 4.74. The standard InChI is InChI=1S/C22H25F2N3O2S/c1-16-2-5-18(6-3-16)30-13-8-25-21(28)15-26-9-11-27(12-10-26)22(29)19-7-4-17(23)14-20(19)24/h2-7,14H,8-13,15H2,1H3,(H,25,28). The summed E-state index contributed by atoms with van der Waals surface area (Å²) in [6, 6.07) is 11.2. The summed E-state index contributed by atoms with van der Waals surface area (Å²) in [5.74, 6) is -1.28. The Morgan fingerprint density at radius 1 is 1.03 bits per heavy atom. The minimum atomic E-state index is -0.856. The zero-order valence-electron chi connectivity index (χ0n) is 16.9. The first kappa shape index (κ1) is 22.2. The zero-order chi connectivity index (χ0) is 21.5. The predicted octanol–water partition coefficient (Wildman–Crippen LogP) is 2.94. The zero-order valence-corrected chi connectivity index (χ0v) is 17.7. The third kappa shape index (κ3) is 6.27. The van der Waals surface area contributed by atoms with E-state index in [0.717, 1.165) is 11.8 Å². The smallest absolute Gasteiger partial charge is 0.256 e. The van der Waals surface area contributed by atoms with Gasteiger partial charge < -0.3 is 10.2 Å². The van der Waals surface area contributed by atoms with Crippen LogP contribution in [0.15, 0.2) is 47.4 Å². The van der Waals surface area contributed by atoms with E-state index in [4.69, 9.17) is 0 Å². The normalized spacial score (nSPS) is 14.6. The number of thioether (sulfide) groups is 1. The van der Waals surface area contributed by atoms with Crippen LogP contribution in [-0.4, -0.2) is 66.6 Å². The van der Waals surface area contributed by atoms with Crippen LogP contribution >= 0.6 is 11.8 Å². The number of carbonyl (C=O) groups excluding carboxylic acids is 2. The van der Waals surface area contributed by atoms with Crippen molar-refractivity contribution in [2.45, 2.75) is 11.8 Å². The Morgan fingerprint density at radius 3 is 2.40 bits per heavy atom. The van der Waals surface area contributed by atoms with E-state index in [0.29, 0.717) is 38.8 Å². The van der Waals surface area contributed by atoms with Crippen LogP contribution in [0.1, 0.15) is 15.9 Å². The van der Waals surface area contributed by atoms with Gasteiger partial charge in [-0.2, -0.15) is 0 Å². The average Bonchev–Trinajstić information content (AvgIpc) is 2.73. The van der Waals surface area contributed by atoms with Crippen LogP contribution in [0.25, 0.3) is 0 Å². The van der Waals surface area contributed by atoms with E-state index in [1.807, 2.05) is 11.8 Å². The number of benzene rings is 2. The first-order chi connectivity index (χ1) is 14.4. The van der Waals surface area contributed by atoms with Crippen molar-refractivity contribution in [3.63, 3.8) is 0 Å². The molecule has 2 aromatic rings. The van der Waals surface area contributed by atoms with Crippen molar-refractivity contribution >= 4 is 23.6 Å². The number of rotatable bonds is 7. The number of nitrogens with zero attached hydrogens (tertiary/aromatic N) is 2. The van der Waals surface area contributed by atoms with E-state index in [-0.39, 0.29) is 18.0 Å². The van der Waals surface area contributed by atoms with Crippen molar-refractivity contribution in [2.75, 3.05) is 45.0 Å². The maximum atomic E-state index is 13.8. The molecule has 2 aromatic carbocycles. The number of piperazine rings is 1. The number of halogens is 2. The molecule has 0 aliphatic carbocycles. The Bertz CT molecular complexity index is 884. The summed E-state index contributed by atoms with van der Waals surface area (Å²) < 4.78 is 26.9. The van der Waals surface area contributed by atoms with Crippen LogP contribution in [0.4, 0.5) is 8.78 Å². The molecule has 0 aromatic heterocycles. The number of nitrogens with one attached hydrogen (secondary N) is 1. The van der Waals surface area contributed by atoms with Crippen LogP contribution in [0.3, 0.4) is 0 Å². The lowest BCUT2D eigenvalue weighted by Gasteiger charge is -2.34. The maximum absolute atomic E-state index is 13.8. The van der Waals surface area contributed by atoms with Crippen molar-refractivity contribution in [3.8, 4) is 0 Å². The van der Waals surface area contributed by atoms with Gasteiger partial charge in [0, 0.05) is 49.4 Å². The van der Waals surface area contributed by atoms with E-state index >= 15 is 0 Å². The van der Waals surface area contributed by atoms with Crippen molar-refractivity contribution < 1.29 is 18.4 Å². The van der Waals surface area contributed by atoms with Gasteiger partial charge >= 0.3 is 0 Å². The second-order valence-electron chi connectivity index (χ2n) is 7.20. The van der Waals surface area contributed by atoms with Gasteiger partial charge in [-0.3, -0.25) is 14.5 Å². The summed E-state index contributed by atoms with van der Waals surface area (Å²) in [7, 11) is 0. The lowest BCUT2D eigenvalue weighted by Crippen LogP contribution is -2.51. The Morgan fingerprint density at radius 2 is 1.73 bits per heavy atom. The third-order valence-corrected chi connectivity index (χ3v) is 5.92. The quantitative estimate of drug-likeness (QED) is 0.539. The van der Waals surface area contributed by atoms with Gasteiger partial charge in [-0.25, -0.2) is 8.78 Å². The summed E-state index contributed by atoms with van der Waals surface area (Å²) in [4.78, 5) is 29.3. The molecule has 1 heterocycles. The van der Waals surface area contributed by atoms with Crippen LogP contribution in [-0.2, 0) is 4.79 Å². The van der Waals surface area contributed by atoms with E-state index in [1.54, 1.807) is 11.8 Å². The fourth-order valence-electron chi connectivity index (χ4n) is 3.20. The second kappa shape index (κ2) is 10.5. The van der Waals surface area contributed by atoms with Crippen LogP contribution in [0, 0.1) is 18.6 Å². The number of hydrogen-bond donors (Lipinski definition) is 1. The molecule has 1 aliphatic heterocycles. The molecule has 3 rings (SSSR count). The molecule has 5 nitrogen and oxygen atoms in total. The Balaban J connectivity index is 1.36. The molecule has 0 spiro atoms. The minimum absolute atomic E-state index is 0.0520. The largest absolute Gasteiger partial charge is 0.354 e. The molecule has 1 aliphatic rings. The van der Waals surface area contributed by atoms with Crippen LogP contribution in [0.2, 0.25) is 0 Å². The van der Waals surface area contributed by atoms with Gasteiger partial charge in [0.25, 0.3) is 5.91 Å². The van der Waals surface area contributed by atoms with Crippen molar-refractivity contribution in [2.24, 2.45) is 0 Å². The second-order valence-corrected chi connectivity index (χ2v) is 8.37. The molecule has 0 atom stereocenters. The highest BCUT2D eigenvalue weighted by Gasteiger charge is 2.25. The summed E-state index contributed by atoms with van der Waals surface area (Å²) >= 11 is 1.69. The number of amides is 2. The molecule has 1 saturated heterocycles. The van der Waals surface area contributed by atoms with Crippen molar-refractivity contribution in [3.05, 3.63) is 65.2 Å². The Kier molecular flexibility index (Phi) is 7.81. The van der Waals surface area contributed by atoms with Crippen molar-refractivity contribution in [1.29, 1.82) is 0 Å². The van der Waals surface area contributed by atoms with Gasteiger partial charge in [0.2, 0.25) is 5.91 Å². The Labute approximate surface area is 179 Å². The molecule has 0 bridgehead atoms. The molecule has 160 valence electrons. The molecular weight excluding hydrogens is 408 g/mol. The van der Waals surface area contributed by atoms with Crippen molar-refractivity contribution in [1.82, 2.24) is 15.1 Å². The fraction of sp³-hybridized carbons (Fsp3) is 0.364. The molecule has 0 unspecified atom stereocenters. The fourth-order valence-corrected chi connectivity index (χ4v) is 3.96. The molecule has 8 heteroatoms. The molecule has 2 amide bonds. The predicted molar refractivity (Wildman–Crippen MR) is 114 cm³/mol. The highest BCUT2D eigenvalue weighted by molar-refractivity contribution is 7.99. The van der Waals surface area contributed by atoms with Gasteiger partial charge in [0.05, 0.1) is 12.1 Å². The maximum Gasteiger partial charge on any atom is 0.256 e. The molecule has 0 radical (unpaired) electrons. The van der Waals surface area contributed by atoms with Gasteiger partial charge in [0.1, 0.15) is 11.6 Å². The average molecular weight is 434 g/mol. The number of carbonyl (C=O) groups is 2. The lowest BCUT2D eigenvalue weighted by atomic mass is 10.1.